The van der Waals surface area contributed by atoms with Gasteiger partial charge in [-0.1, -0.05) is 42.8 Å². The zero-order chi connectivity index (χ0) is 29.1. The van der Waals surface area contributed by atoms with Crippen molar-refractivity contribution in [2.45, 2.75) is 46.5 Å². The van der Waals surface area contributed by atoms with E-state index in [1.54, 1.807) is 6.92 Å². The summed E-state index contributed by atoms with van der Waals surface area (Å²) in [5.41, 5.74) is 3.81. The number of halogens is 1. The average molecular weight is 579 g/mol. The monoisotopic (exact) mass is 578 g/mol. The number of hydrogen-bond acceptors (Lipinski definition) is 4. The van der Waals surface area contributed by atoms with E-state index in [1.165, 1.54) is 0 Å². The van der Waals surface area contributed by atoms with Crippen LogP contribution in [0.1, 0.15) is 54.6 Å². The molecule has 8 heteroatoms. The van der Waals surface area contributed by atoms with E-state index >= 15 is 0 Å². The summed E-state index contributed by atoms with van der Waals surface area (Å²) < 4.78 is 0. The lowest BCUT2D eigenvalue weighted by Crippen LogP contribution is -2.44. The predicted molar refractivity (Wildman–Crippen MR) is 163 cm³/mol. The van der Waals surface area contributed by atoms with Crippen molar-refractivity contribution < 1.29 is 14.4 Å². The van der Waals surface area contributed by atoms with Crippen molar-refractivity contribution >= 4 is 35.0 Å². The molecule has 0 aliphatic carbocycles. The van der Waals surface area contributed by atoms with Gasteiger partial charge in [0.1, 0.15) is 0 Å². The zero-order valence-electron chi connectivity index (χ0n) is 24.7. The minimum atomic E-state index is -0.0850. The van der Waals surface area contributed by atoms with Gasteiger partial charge in [-0.25, -0.2) is 0 Å². The smallest absolute Gasteiger partial charge is 0.254 e. The Morgan fingerprint density at radius 1 is 0.951 bits per heavy atom. The summed E-state index contributed by atoms with van der Waals surface area (Å²) in [6, 6.07) is 13.9. The summed E-state index contributed by atoms with van der Waals surface area (Å²) in [5, 5.41) is 0.666. The van der Waals surface area contributed by atoms with Crippen LogP contribution in [0.2, 0.25) is 5.02 Å². The van der Waals surface area contributed by atoms with Crippen molar-refractivity contribution in [1.82, 2.24) is 14.7 Å². The fourth-order valence-corrected chi connectivity index (χ4v) is 7.05. The first-order chi connectivity index (χ1) is 19.7. The van der Waals surface area contributed by atoms with Crippen LogP contribution in [0.25, 0.3) is 0 Å². The van der Waals surface area contributed by atoms with Gasteiger partial charge in [0.05, 0.1) is 0 Å². The highest BCUT2D eigenvalue weighted by atomic mass is 35.5. The lowest BCUT2D eigenvalue weighted by atomic mass is 9.94. The molecule has 3 aliphatic heterocycles. The molecule has 5 rings (SSSR count). The summed E-state index contributed by atoms with van der Waals surface area (Å²) in [5.74, 6) is 1.31. The third-order valence-corrected chi connectivity index (χ3v) is 9.76. The fraction of sp³-hybridized carbons (Fsp3) is 0.545. The molecular formula is C33H43ClN4O3. The molecule has 2 aromatic carbocycles. The molecule has 2 unspecified atom stereocenters. The molecule has 0 radical (unpaired) electrons. The Labute approximate surface area is 249 Å². The molecule has 3 fully saturated rings. The molecule has 0 saturated carbocycles. The summed E-state index contributed by atoms with van der Waals surface area (Å²) in [6.45, 7) is 12.1. The van der Waals surface area contributed by atoms with Crippen molar-refractivity contribution in [2.75, 3.05) is 57.3 Å². The van der Waals surface area contributed by atoms with Crippen LogP contribution in [-0.4, -0.2) is 84.8 Å². The molecule has 41 heavy (non-hydrogen) atoms. The number of likely N-dealkylation sites (tertiary alicyclic amines) is 3. The van der Waals surface area contributed by atoms with Gasteiger partial charge in [0.15, 0.2) is 0 Å². The highest BCUT2D eigenvalue weighted by Crippen LogP contribution is 2.33. The van der Waals surface area contributed by atoms with Crippen LogP contribution >= 0.6 is 11.6 Å². The van der Waals surface area contributed by atoms with Crippen molar-refractivity contribution in [3.05, 3.63) is 64.2 Å². The second kappa shape index (κ2) is 13.0. The van der Waals surface area contributed by atoms with Gasteiger partial charge in [-0.2, -0.15) is 0 Å². The van der Waals surface area contributed by atoms with E-state index in [4.69, 9.17) is 11.6 Å². The molecule has 2 aromatic rings. The van der Waals surface area contributed by atoms with Gasteiger partial charge in [0, 0.05) is 74.9 Å². The summed E-state index contributed by atoms with van der Waals surface area (Å²) in [4.78, 5) is 47.1. The van der Waals surface area contributed by atoms with Gasteiger partial charge in [-0.05, 0) is 80.3 Å². The molecule has 3 saturated heterocycles. The molecule has 3 heterocycles. The van der Waals surface area contributed by atoms with Gasteiger partial charge in [-0.3, -0.25) is 14.4 Å². The molecule has 0 bridgehead atoms. The van der Waals surface area contributed by atoms with Gasteiger partial charge < -0.3 is 19.6 Å². The van der Waals surface area contributed by atoms with E-state index in [9.17, 15) is 14.4 Å². The SMILES string of the molecule is CCc1ccccc1C(=O)N1CC2CN(CCCN(C(=O)C3CCN(C(C)=O)CC3)c3ccc(C)c(Cl)c3)CC2C1. The molecule has 0 aromatic heterocycles. The number of rotatable bonds is 8. The van der Waals surface area contributed by atoms with E-state index in [-0.39, 0.29) is 23.6 Å². The quantitative estimate of drug-likeness (QED) is 0.447. The van der Waals surface area contributed by atoms with Crippen LogP contribution in [0.3, 0.4) is 0 Å². The fourth-order valence-electron chi connectivity index (χ4n) is 6.88. The van der Waals surface area contributed by atoms with E-state index < -0.39 is 0 Å². The van der Waals surface area contributed by atoms with E-state index in [0.29, 0.717) is 49.3 Å². The second-order valence-corrected chi connectivity index (χ2v) is 12.5. The van der Waals surface area contributed by atoms with Crippen molar-refractivity contribution in [1.29, 1.82) is 0 Å². The summed E-state index contributed by atoms with van der Waals surface area (Å²) in [6.07, 6.45) is 3.13. The third-order valence-electron chi connectivity index (χ3n) is 9.36. The number of fused-ring (bicyclic) bond motifs is 1. The number of benzene rings is 2. The first kappa shape index (κ1) is 29.6. The average Bonchev–Trinajstić information content (AvgIpc) is 3.55. The second-order valence-electron chi connectivity index (χ2n) is 12.1. The highest BCUT2D eigenvalue weighted by molar-refractivity contribution is 6.31. The van der Waals surface area contributed by atoms with Gasteiger partial charge in [0.25, 0.3) is 5.91 Å². The number of hydrogen-bond donors (Lipinski definition) is 0. The normalized spacial score (nSPS) is 21.3. The lowest BCUT2D eigenvalue weighted by Gasteiger charge is -2.34. The molecular weight excluding hydrogens is 536 g/mol. The zero-order valence-corrected chi connectivity index (χ0v) is 25.4. The number of aryl methyl sites for hydroxylation is 2. The van der Waals surface area contributed by atoms with Crippen LogP contribution in [0.15, 0.2) is 42.5 Å². The first-order valence-electron chi connectivity index (χ1n) is 15.2. The Balaban J connectivity index is 1.16. The van der Waals surface area contributed by atoms with E-state index in [0.717, 1.165) is 67.9 Å². The first-order valence-corrected chi connectivity index (χ1v) is 15.6. The Kier molecular flexibility index (Phi) is 9.35. The summed E-state index contributed by atoms with van der Waals surface area (Å²) >= 11 is 6.47. The van der Waals surface area contributed by atoms with Crippen molar-refractivity contribution in [2.24, 2.45) is 17.8 Å². The highest BCUT2D eigenvalue weighted by Gasteiger charge is 2.41. The van der Waals surface area contributed by atoms with E-state index in [1.807, 2.05) is 53.1 Å². The molecule has 7 nitrogen and oxygen atoms in total. The standard InChI is InChI=1S/C33H43ClN4O3/c1-4-25-8-5-6-9-30(25)33(41)37-21-27-19-35(20-28(27)22-37)14-7-15-38(29-11-10-23(2)31(34)18-29)32(40)26-12-16-36(17-13-26)24(3)39/h5-6,8-11,18,26-28H,4,7,12-17,19-22H2,1-3H3. The molecule has 2 atom stereocenters. The summed E-state index contributed by atoms with van der Waals surface area (Å²) in [7, 11) is 0. The third kappa shape index (κ3) is 6.62. The van der Waals surface area contributed by atoms with Crippen LogP contribution in [-0.2, 0) is 16.0 Å². The van der Waals surface area contributed by atoms with Gasteiger partial charge in [-0.15, -0.1) is 0 Å². The Hall–Kier alpha value is -2.90. The molecule has 3 aliphatic rings. The topological polar surface area (TPSA) is 64.2 Å². The van der Waals surface area contributed by atoms with Crippen LogP contribution in [0.5, 0.6) is 0 Å². The maximum atomic E-state index is 13.7. The molecule has 0 spiro atoms. The van der Waals surface area contributed by atoms with Crippen LogP contribution in [0.4, 0.5) is 5.69 Å². The predicted octanol–water partition coefficient (Wildman–Crippen LogP) is 4.90. The number of amides is 3. The molecule has 220 valence electrons. The largest absolute Gasteiger partial charge is 0.343 e. The number of piperidine rings is 1. The van der Waals surface area contributed by atoms with Gasteiger partial charge >= 0.3 is 0 Å². The number of anilines is 1. The van der Waals surface area contributed by atoms with Gasteiger partial charge in [0.2, 0.25) is 11.8 Å². The van der Waals surface area contributed by atoms with Crippen LogP contribution < -0.4 is 4.90 Å². The Morgan fingerprint density at radius 2 is 1.63 bits per heavy atom. The Bertz CT molecular complexity index is 1260. The lowest BCUT2D eigenvalue weighted by molar-refractivity contribution is -0.133. The maximum absolute atomic E-state index is 13.7. The number of nitrogens with zero attached hydrogens (tertiary/aromatic N) is 4. The van der Waals surface area contributed by atoms with E-state index in [2.05, 4.69) is 22.8 Å². The van der Waals surface area contributed by atoms with Crippen molar-refractivity contribution in [3.8, 4) is 0 Å². The van der Waals surface area contributed by atoms with Crippen molar-refractivity contribution in [3.63, 3.8) is 0 Å². The number of carbonyl (C=O) groups is 3. The Morgan fingerprint density at radius 3 is 2.27 bits per heavy atom. The number of carbonyl (C=O) groups excluding carboxylic acids is 3. The minimum Gasteiger partial charge on any atom is -0.343 e. The van der Waals surface area contributed by atoms with Crippen LogP contribution in [0, 0.1) is 24.7 Å². The molecule has 0 N–H and O–H groups in total. The molecule has 3 amide bonds. The maximum Gasteiger partial charge on any atom is 0.254 e. The minimum absolute atomic E-state index is 0.0757.